The van der Waals surface area contributed by atoms with Crippen LogP contribution in [-0.2, 0) is 20.5 Å². The van der Waals surface area contributed by atoms with Crippen molar-refractivity contribution in [3.63, 3.8) is 0 Å². The molecule has 1 saturated heterocycles. The second-order valence-electron chi connectivity index (χ2n) is 8.20. The topological polar surface area (TPSA) is 47.9 Å². The molecule has 24 heavy (non-hydrogen) atoms. The van der Waals surface area contributed by atoms with Gasteiger partial charge in [0, 0.05) is 0 Å². The third kappa shape index (κ3) is 4.67. The van der Waals surface area contributed by atoms with Crippen molar-refractivity contribution in [3.05, 3.63) is 35.9 Å². The molecule has 1 fully saturated rings. The Morgan fingerprint density at radius 3 is 2.38 bits per heavy atom. The van der Waals surface area contributed by atoms with Gasteiger partial charge in [-0.3, -0.25) is 0 Å². The fourth-order valence-corrected chi connectivity index (χ4v) is 3.58. The second kappa shape index (κ2) is 7.66. The number of aliphatic hydroxyl groups excluding tert-OH is 1. The Bertz CT molecular complexity index is 512. The Kier molecular flexibility index (Phi) is 6.26. The zero-order chi connectivity index (χ0) is 18.0. The third-order valence-corrected chi connectivity index (χ3v) is 9.77. The van der Waals surface area contributed by atoms with Crippen molar-refractivity contribution < 1.29 is 19.0 Å². The van der Waals surface area contributed by atoms with Gasteiger partial charge in [-0.25, -0.2) is 0 Å². The van der Waals surface area contributed by atoms with Gasteiger partial charge in [-0.2, -0.15) is 0 Å². The van der Waals surface area contributed by atoms with Crippen LogP contribution in [0.15, 0.2) is 30.3 Å². The van der Waals surface area contributed by atoms with E-state index in [9.17, 15) is 5.11 Å². The molecule has 2 rings (SSSR count). The Morgan fingerprint density at radius 1 is 1.17 bits per heavy atom. The van der Waals surface area contributed by atoms with Gasteiger partial charge in [-0.05, 0) is 30.6 Å². The lowest BCUT2D eigenvalue weighted by Crippen LogP contribution is -2.44. The number of ether oxygens (including phenoxy) is 2. The van der Waals surface area contributed by atoms with Gasteiger partial charge in [0.1, 0.15) is 18.3 Å². The van der Waals surface area contributed by atoms with Crippen LogP contribution in [0.3, 0.4) is 0 Å². The summed E-state index contributed by atoms with van der Waals surface area (Å²) in [5.41, 5.74) is 1.10. The van der Waals surface area contributed by atoms with Gasteiger partial charge in [0.15, 0.2) is 8.32 Å². The maximum Gasteiger partial charge on any atom is 0.192 e. The van der Waals surface area contributed by atoms with E-state index in [0.29, 0.717) is 13.2 Å². The quantitative estimate of drug-likeness (QED) is 0.792. The van der Waals surface area contributed by atoms with Crippen LogP contribution < -0.4 is 0 Å². The summed E-state index contributed by atoms with van der Waals surface area (Å²) in [6.07, 6.45) is -1.45. The first-order valence-corrected chi connectivity index (χ1v) is 11.7. The van der Waals surface area contributed by atoms with Crippen LogP contribution in [0.25, 0.3) is 0 Å². The van der Waals surface area contributed by atoms with Crippen molar-refractivity contribution in [2.75, 3.05) is 6.61 Å². The molecular weight excluding hydrogens is 320 g/mol. The van der Waals surface area contributed by atoms with Crippen LogP contribution in [-0.4, -0.2) is 44.4 Å². The summed E-state index contributed by atoms with van der Waals surface area (Å²) in [7, 11) is -1.85. The predicted molar refractivity (Wildman–Crippen MR) is 98.5 cm³/mol. The van der Waals surface area contributed by atoms with Gasteiger partial charge in [-0.15, -0.1) is 0 Å². The highest BCUT2D eigenvalue weighted by atomic mass is 28.4. The molecular formula is C19H32O4Si. The van der Waals surface area contributed by atoms with E-state index in [0.717, 1.165) is 5.56 Å². The highest BCUT2D eigenvalue weighted by Gasteiger charge is 2.44. The van der Waals surface area contributed by atoms with Crippen LogP contribution in [0, 0.1) is 0 Å². The molecule has 0 saturated carbocycles. The summed E-state index contributed by atoms with van der Waals surface area (Å²) in [4.78, 5) is 0. The zero-order valence-corrected chi connectivity index (χ0v) is 16.8. The molecule has 0 radical (unpaired) electrons. The Hall–Kier alpha value is -0.723. The minimum absolute atomic E-state index is 0.142. The lowest BCUT2D eigenvalue weighted by Gasteiger charge is -2.37. The molecule has 4 nitrogen and oxygen atoms in total. The second-order valence-corrected chi connectivity index (χ2v) is 13.0. The van der Waals surface area contributed by atoms with Crippen LogP contribution in [0.2, 0.25) is 18.1 Å². The van der Waals surface area contributed by atoms with Gasteiger partial charge < -0.3 is 19.0 Å². The van der Waals surface area contributed by atoms with E-state index in [2.05, 4.69) is 33.9 Å². The maximum atomic E-state index is 10.6. The lowest BCUT2D eigenvalue weighted by molar-refractivity contribution is -0.0414. The molecule has 0 unspecified atom stereocenters. The van der Waals surface area contributed by atoms with Crippen LogP contribution in [0.4, 0.5) is 0 Å². The molecule has 136 valence electrons. The van der Waals surface area contributed by atoms with E-state index in [1.807, 2.05) is 37.3 Å². The van der Waals surface area contributed by atoms with Crippen molar-refractivity contribution in [2.45, 2.75) is 76.8 Å². The number of hydrogen-bond acceptors (Lipinski definition) is 4. The number of benzene rings is 1. The van der Waals surface area contributed by atoms with Gasteiger partial charge in [0.25, 0.3) is 0 Å². The summed E-state index contributed by atoms with van der Waals surface area (Å²) < 4.78 is 18.0. The summed E-state index contributed by atoms with van der Waals surface area (Å²) in [6.45, 7) is 13.9. The van der Waals surface area contributed by atoms with Crippen molar-refractivity contribution in [2.24, 2.45) is 0 Å². The molecule has 0 aliphatic carbocycles. The smallest absolute Gasteiger partial charge is 0.192 e. The number of aliphatic hydroxyl groups is 1. The van der Waals surface area contributed by atoms with Crippen LogP contribution in [0.5, 0.6) is 0 Å². The number of rotatable bonds is 6. The van der Waals surface area contributed by atoms with E-state index < -0.39 is 14.4 Å². The highest BCUT2D eigenvalue weighted by Crippen LogP contribution is 2.37. The van der Waals surface area contributed by atoms with E-state index in [-0.39, 0.29) is 23.4 Å². The maximum absolute atomic E-state index is 10.6. The SMILES string of the molecule is C[C@H]1O[C@H](CO[Si](C)(C)C(C)(C)C)[C@H](O)[C@H]1OCc1ccccc1. The monoisotopic (exact) mass is 352 g/mol. The van der Waals surface area contributed by atoms with Gasteiger partial charge in [0.2, 0.25) is 0 Å². The fraction of sp³-hybridized carbons (Fsp3) is 0.684. The van der Waals surface area contributed by atoms with Crippen molar-refractivity contribution in [1.29, 1.82) is 0 Å². The molecule has 0 spiro atoms. The summed E-state index contributed by atoms with van der Waals surface area (Å²) in [5.74, 6) is 0. The molecule has 0 aromatic heterocycles. The van der Waals surface area contributed by atoms with E-state index >= 15 is 0 Å². The Balaban J connectivity index is 1.89. The lowest BCUT2D eigenvalue weighted by atomic mass is 10.1. The average molecular weight is 353 g/mol. The highest BCUT2D eigenvalue weighted by molar-refractivity contribution is 6.74. The molecule has 5 heteroatoms. The van der Waals surface area contributed by atoms with Gasteiger partial charge >= 0.3 is 0 Å². The van der Waals surface area contributed by atoms with E-state index in [1.165, 1.54) is 0 Å². The Labute approximate surface area is 147 Å². The normalized spacial score (nSPS) is 28.3. The van der Waals surface area contributed by atoms with E-state index in [1.54, 1.807) is 0 Å². The summed E-state index contributed by atoms with van der Waals surface area (Å²) >= 11 is 0. The minimum atomic E-state index is -1.85. The summed E-state index contributed by atoms with van der Waals surface area (Å²) in [6, 6.07) is 9.99. The van der Waals surface area contributed by atoms with Crippen LogP contribution in [0.1, 0.15) is 33.3 Å². The minimum Gasteiger partial charge on any atom is -0.414 e. The molecule has 1 aromatic carbocycles. The van der Waals surface area contributed by atoms with Crippen molar-refractivity contribution >= 4 is 8.32 Å². The molecule has 1 N–H and O–H groups in total. The molecule has 1 aliphatic heterocycles. The van der Waals surface area contributed by atoms with Gasteiger partial charge in [0.05, 0.1) is 19.3 Å². The third-order valence-electron chi connectivity index (χ3n) is 5.27. The first-order chi connectivity index (χ1) is 11.1. The number of hydrogen-bond donors (Lipinski definition) is 1. The molecule has 0 bridgehead atoms. The molecule has 1 heterocycles. The van der Waals surface area contributed by atoms with Crippen molar-refractivity contribution in [1.82, 2.24) is 0 Å². The largest absolute Gasteiger partial charge is 0.414 e. The van der Waals surface area contributed by atoms with Crippen molar-refractivity contribution in [3.8, 4) is 0 Å². The molecule has 1 aromatic rings. The summed E-state index contributed by atoms with van der Waals surface area (Å²) in [5, 5.41) is 10.7. The van der Waals surface area contributed by atoms with E-state index in [4.69, 9.17) is 13.9 Å². The first-order valence-electron chi connectivity index (χ1n) is 8.75. The standard InChI is InChI=1S/C19H32O4Si/c1-14-18(21-12-15-10-8-7-9-11-15)17(20)16(23-14)13-22-24(5,6)19(2,3)4/h7-11,14,16-18,20H,12-13H2,1-6H3/t14-,16-,17+,18+/m1/s1. The predicted octanol–water partition coefficient (Wildman–Crippen LogP) is 3.74. The average Bonchev–Trinajstić information content (AvgIpc) is 2.77. The fourth-order valence-electron chi connectivity index (χ4n) is 2.57. The first kappa shape index (κ1) is 19.6. The van der Waals surface area contributed by atoms with Crippen LogP contribution >= 0.6 is 0 Å². The molecule has 4 atom stereocenters. The zero-order valence-electron chi connectivity index (χ0n) is 15.8. The van der Waals surface area contributed by atoms with Gasteiger partial charge in [-0.1, -0.05) is 51.1 Å². The molecule has 0 amide bonds. The Morgan fingerprint density at radius 2 is 1.79 bits per heavy atom. The molecule has 1 aliphatic rings.